The maximum absolute atomic E-state index is 12.2. The minimum atomic E-state index is -1.48. The molecule has 3 rings (SSSR count). The highest BCUT2D eigenvalue weighted by Crippen LogP contribution is 2.47. The number of alkyl halides is 2. The molecule has 0 radical (unpaired) electrons. The van der Waals surface area contributed by atoms with Crippen molar-refractivity contribution in [1.29, 1.82) is 0 Å². The first-order chi connectivity index (χ1) is 8.12. The van der Waals surface area contributed by atoms with Crippen molar-refractivity contribution in [2.45, 2.75) is 4.33 Å². The van der Waals surface area contributed by atoms with Crippen molar-refractivity contribution in [2.75, 3.05) is 0 Å². The van der Waals surface area contributed by atoms with Gasteiger partial charge in [-0.05, 0) is 11.1 Å². The van der Waals surface area contributed by atoms with Gasteiger partial charge in [0.2, 0.25) is 10.1 Å². The Kier molecular flexibility index (Phi) is 2.29. The standard InChI is InChI=1S/C14H8Cl2O/c15-14(16)12-8-4-3-6-10(12)9-5-1-2-7-11(9)13(14)17/h1-8H. The number of carbonyl (C=O) groups excluding carboxylic acids is 1. The summed E-state index contributed by atoms with van der Waals surface area (Å²) >= 11 is 12.4. The number of carbonyl (C=O) groups is 1. The van der Waals surface area contributed by atoms with Crippen LogP contribution < -0.4 is 0 Å². The molecular formula is C14H8Cl2O. The lowest BCUT2D eigenvalue weighted by Crippen LogP contribution is -2.28. The van der Waals surface area contributed by atoms with Crippen LogP contribution in [0, 0.1) is 0 Å². The Morgan fingerprint density at radius 1 is 0.765 bits per heavy atom. The summed E-state index contributed by atoms with van der Waals surface area (Å²) in [5.41, 5.74) is 3.06. The van der Waals surface area contributed by atoms with Gasteiger partial charge in [0.05, 0.1) is 0 Å². The molecule has 0 aromatic heterocycles. The molecule has 2 aromatic rings. The third kappa shape index (κ3) is 1.43. The van der Waals surface area contributed by atoms with Crippen molar-refractivity contribution in [3.8, 4) is 11.1 Å². The van der Waals surface area contributed by atoms with E-state index >= 15 is 0 Å². The van der Waals surface area contributed by atoms with E-state index in [1.807, 2.05) is 36.4 Å². The van der Waals surface area contributed by atoms with Gasteiger partial charge in [0.25, 0.3) is 0 Å². The second kappa shape index (κ2) is 3.59. The smallest absolute Gasteiger partial charge is 0.206 e. The van der Waals surface area contributed by atoms with E-state index in [1.54, 1.807) is 12.1 Å². The predicted molar refractivity (Wildman–Crippen MR) is 69.6 cm³/mol. The Bertz CT molecular complexity index is 617. The van der Waals surface area contributed by atoms with Crippen LogP contribution in [-0.4, -0.2) is 5.78 Å². The number of hydrogen-bond donors (Lipinski definition) is 0. The minimum absolute atomic E-state index is 0.255. The number of hydrogen-bond acceptors (Lipinski definition) is 1. The predicted octanol–water partition coefficient (Wildman–Crippen LogP) is 4.18. The molecule has 2 aromatic carbocycles. The van der Waals surface area contributed by atoms with Crippen LogP contribution in [0.1, 0.15) is 15.9 Å². The number of Topliss-reactive ketones (excluding diaryl/α,β-unsaturated/α-hetero) is 1. The molecule has 1 nitrogen and oxygen atoms in total. The zero-order valence-corrected chi connectivity index (χ0v) is 10.3. The molecule has 0 fully saturated rings. The molecule has 0 unspecified atom stereocenters. The van der Waals surface area contributed by atoms with Gasteiger partial charge >= 0.3 is 0 Å². The molecule has 84 valence electrons. The van der Waals surface area contributed by atoms with Crippen molar-refractivity contribution in [3.63, 3.8) is 0 Å². The quantitative estimate of drug-likeness (QED) is 0.651. The van der Waals surface area contributed by atoms with E-state index in [4.69, 9.17) is 23.2 Å². The monoisotopic (exact) mass is 262 g/mol. The Labute approximate surface area is 109 Å². The fraction of sp³-hybridized carbons (Fsp3) is 0.0714. The summed E-state index contributed by atoms with van der Waals surface area (Å²) < 4.78 is -1.48. The lowest BCUT2D eigenvalue weighted by molar-refractivity contribution is 0.0971. The van der Waals surface area contributed by atoms with Crippen LogP contribution in [0.4, 0.5) is 0 Å². The summed E-state index contributed by atoms with van der Waals surface area (Å²) in [5.74, 6) is -0.255. The number of rotatable bonds is 0. The molecular weight excluding hydrogens is 255 g/mol. The van der Waals surface area contributed by atoms with Gasteiger partial charge in [0.1, 0.15) is 0 Å². The summed E-state index contributed by atoms with van der Waals surface area (Å²) in [5, 5.41) is 0. The van der Waals surface area contributed by atoms with Gasteiger partial charge in [-0.25, -0.2) is 0 Å². The summed E-state index contributed by atoms with van der Waals surface area (Å²) in [6, 6.07) is 14.9. The number of benzene rings is 2. The molecule has 0 bridgehead atoms. The second-order valence-corrected chi connectivity index (χ2v) is 5.32. The maximum Gasteiger partial charge on any atom is 0.206 e. The lowest BCUT2D eigenvalue weighted by atomic mass is 9.84. The number of ketones is 1. The summed E-state index contributed by atoms with van der Waals surface area (Å²) in [6.45, 7) is 0. The van der Waals surface area contributed by atoms with Crippen LogP contribution in [0.2, 0.25) is 0 Å². The van der Waals surface area contributed by atoms with E-state index < -0.39 is 4.33 Å². The molecule has 0 saturated carbocycles. The van der Waals surface area contributed by atoms with Gasteiger partial charge in [-0.15, -0.1) is 0 Å². The number of halogens is 2. The van der Waals surface area contributed by atoms with E-state index in [2.05, 4.69) is 0 Å². The van der Waals surface area contributed by atoms with Gasteiger partial charge in [-0.2, -0.15) is 0 Å². The first-order valence-corrected chi connectivity index (χ1v) is 5.99. The van der Waals surface area contributed by atoms with Gasteiger partial charge < -0.3 is 0 Å². The molecule has 0 saturated heterocycles. The molecule has 0 aliphatic heterocycles. The summed E-state index contributed by atoms with van der Waals surface area (Å²) in [6.07, 6.45) is 0. The summed E-state index contributed by atoms with van der Waals surface area (Å²) in [7, 11) is 0. The van der Waals surface area contributed by atoms with Crippen LogP contribution in [0.5, 0.6) is 0 Å². The van der Waals surface area contributed by atoms with Gasteiger partial charge in [-0.3, -0.25) is 4.79 Å². The molecule has 17 heavy (non-hydrogen) atoms. The Morgan fingerprint density at radius 2 is 1.29 bits per heavy atom. The fourth-order valence-corrected chi connectivity index (χ4v) is 2.73. The topological polar surface area (TPSA) is 17.1 Å². The largest absolute Gasteiger partial charge is 0.290 e. The van der Waals surface area contributed by atoms with Gasteiger partial charge in [-0.1, -0.05) is 71.7 Å². The van der Waals surface area contributed by atoms with E-state index in [0.717, 1.165) is 11.1 Å². The highest BCUT2D eigenvalue weighted by molar-refractivity contribution is 6.60. The van der Waals surface area contributed by atoms with E-state index in [9.17, 15) is 4.79 Å². The average molecular weight is 263 g/mol. The van der Waals surface area contributed by atoms with Gasteiger partial charge in [0.15, 0.2) is 0 Å². The third-order valence-electron chi connectivity index (χ3n) is 3.01. The molecule has 1 aliphatic carbocycles. The molecule has 0 spiro atoms. The van der Waals surface area contributed by atoms with Crippen LogP contribution >= 0.6 is 23.2 Å². The van der Waals surface area contributed by atoms with E-state index in [-0.39, 0.29) is 5.78 Å². The zero-order chi connectivity index (χ0) is 12.0. The second-order valence-electron chi connectivity index (χ2n) is 3.99. The van der Waals surface area contributed by atoms with Crippen molar-refractivity contribution in [3.05, 3.63) is 59.7 Å². The van der Waals surface area contributed by atoms with Crippen molar-refractivity contribution >= 4 is 29.0 Å². The van der Waals surface area contributed by atoms with Crippen LogP contribution in [0.25, 0.3) is 11.1 Å². The van der Waals surface area contributed by atoms with Crippen LogP contribution in [0.3, 0.4) is 0 Å². The Morgan fingerprint density at radius 3 is 2.00 bits per heavy atom. The molecule has 0 amide bonds. The Hall–Kier alpha value is -1.31. The Balaban J connectivity index is 2.42. The lowest BCUT2D eigenvalue weighted by Gasteiger charge is -2.28. The minimum Gasteiger partial charge on any atom is -0.290 e. The SMILES string of the molecule is O=C1c2ccccc2-c2ccccc2C1(Cl)Cl. The van der Waals surface area contributed by atoms with E-state index in [0.29, 0.717) is 11.1 Å². The molecule has 1 aliphatic rings. The molecule has 0 heterocycles. The third-order valence-corrected chi connectivity index (χ3v) is 3.76. The van der Waals surface area contributed by atoms with Crippen LogP contribution in [-0.2, 0) is 4.33 Å². The molecule has 3 heteroatoms. The summed E-state index contributed by atoms with van der Waals surface area (Å²) in [4.78, 5) is 12.2. The van der Waals surface area contributed by atoms with Crippen LogP contribution in [0.15, 0.2) is 48.5 Å². The highest BCUT2D eigenvalue weighted by Gasteiger charge is 2.42. The van der Waals surface area contributed by atoms with Crippen molar-refractivity contribution in [1.82, 2.24) is 0 Å². The zero-order valence-electron chi connectivity index (χ0n) is 8.78. The first kappa shape index (κ1) is 10.8. The highest BCUT2D eigenvalue weighted by atomic mass is 35.5. The maximum atomic E-state index is 12.2. The fourth-order valence-electron chi connectivity index (χ4n) is 2.20. The molecule has 0 N–H and O–H groups in total. The number of fused-ring (bicyclic) bond motifs is 3. The van der Waals surface area contributed by atoms with Crippen molar-refractivity contribution < 1.29 is 4.79 Å². The van der Waals surface area contributed by atoms with E-state index in [1.165, 1.54) is 0 Å². The normalized spacial score (nSPS) is 16.2. The molecule has 0 atom stereocenters. The first-order valence-electron chi connectivity index (χ1n) is 5.24. The average Bonchev–Trinajstić information content (AvgIpc) is 2.37. The van der Waals surface area contributed by atoms with Crippen molar-refractivity contribution in [2.24, 2.45) is 0 Å². The van der Waals surface area contributed by atoms with Gasteiger partial charge in [0, 0.05) is 11.1 Å².